The van der Waals surface area contributed by atoms with Crippen LogP contribution in [0.2, 0.25) is 5.02 Å². The number of nitriles is 1. The highest BCUT2D eigenvalue weighted by Crippen LogP contribution is 2.32. The molecule has 0 spiro atoms. The summed E-state index contributed by atoms with van der Waals surface area (Å²) in [5.74, 6) is -0.712. The number of amides is 1. The number of halogens is 4. The van der Waals surface area contributed by atoms with Crippen molar-refractivity contribution in [3.63, 3.8) is 0 Å². The number of aromatic nitrogens is 3. The van der Waals surface area contributed by atoms with Gasteiger partial charge in [0.2, 0.25) is 0 Å². The maximum Gasteiger partial charge on any atom is 0.433 e. The molecule has 31 heavy (non-hydrogen) atoms. The lowest BCUT2D eigenvalue weighted by molar-refractivity contribution is -0.142. The Morgan fingerprint density at radius 2 is 1.74 bits per heavy atom. The standard InChI is InChI=1S/C21H11ClF3N5O/c22-14-5-3-13(4-6-14)16-9-18(21(23,24)25)30-19(28-16)10-17(29-30)20(31)27-15-7-1-12(11-26)2-8-15/h1-10H,(H,27,31). The second kappa shape index (κ2) is 7.74. The second-order valence-electron chi connectivity index (χ2n) is 6.47. The van der Waals surface area contributed by atoms with Crippen LogP contribution in [0.25, 0.3) is 16.9 Å². The number of hydrogen-bond donors (Lipinski definition) is 1. The molecule has 0 aliphatic heterocycles. The highest BCUT2D eigenvalue weighted by atomic mass is 35.5. The summed E-state index contributed by atoms with van der Waals surface area (Å²) in [6, 6.07) is 16.2. The fraction of sp³-hybridized carbons (Fsp3) is 0.0476. The smallest absolute Gasteiger partial charge is 0.321 e. The zero-order chi connectivity index (χ0) is 22.2. The molecule has 0 aliphatic carbocycles. The van der Waals surface area contributed by atoms with Crippen LogP contribution in [0.3, 0.4) is 0 Å². The van der Waals surface area contributed by atoms with Crippen LogP contribution in [-0.4, -0.2) is 20.5 Å². The van der Waals surface area contributed by atoms with Gasteiger partial charge in [-0.1, -0.05) is 23.7 Å². The van der Waals surface area contributed by atoms with Crippen LogP contribution in [0.1, 0.15) is 21.7 Å². The first kappa shape index (κ1) is 20.4. The number of rotatable bonds is 3. The van der Waals surface area contributed by atoms with E-state index in [2.05, 4.69) is 15.4 Å². The average molecular weight is 442 g/mol. The lowest BCUT2D eigenvalue weighted by atomic mass is 10.1. The van der Waals surface area contributed by atoms with Gasteiger partial charge in [0.15, 0.2) is 17.0 Å². The zero-order valence-corrected chi connectivity index (χ0v) is 16.2. The van der Waals surface area contributed by atoms with Crippen LogP contribution in [0, 0.1) is 11.3 Å². The van der Waals surface area contributed by atoms with Crippen molar-refractivity contribution in [3.05, 3.63) is 82.6 Å². The van der Waals surface area contributed by atoms with Gasteiger partial charge >= 0.3 is 6.18 Å². The van der Waals surface area contributed by atoms with Crippen LogP contribution >= 0.6 is 11.6 Å². The number of benzene rings is 2. The summed E-state index contributed by atoms with van der Waals surface area (Å²) in [6.07, 6.45) is -4.73. The summed E-state index contributed by atoms with van der Waals surface area (Å²) < 4.78 is 41.6. The van der Waals surface area contributed by atoms with Gasteiger partial charge < -0.3 is 5.32 Å². The maximum atomic E-state index is 13.7. The Kier molecular flexibility index (Phi) is 5.09. The number of fused-ring (bicyclic) bond motifs is 1. The largest absolute Gasteiger partial charge is 0.433 e. The fourth-order valence-electron chi connectivity index (χ4n) is 2.88. The number of alkyl halides is 3. The number of hydrogen-bond acceptors (Lipinski definition) is 4. The molecule has 4 rings (SSSR count). The minimum atomic E-state index is -4.73. The number of nitrogens with zero attached hydrogens (tertiary/aromatic N) is 4. The van der Waals surface area contributed by atoms with Crippen molar-refractivity contribution < 1.29 is 18.0 Å². The number of carbonyl (C=O) groups excluding carboxylic acids is 1. The molecule has 0 bridgehead atoms. The van der Waals surface area contributed by atoms with Crippen LogP contribution in [-0.2, 0) is 6.18 Å². The van der Waals surface area contributed by atoms with Crippen LogP contribution in [0.5, 0.6) is 0 Å². The molecule has 4 aromatic rings. The van der Waals surface area contributed by atoms with E-state index in [1.807, 2.05) is 6.07 Å². The minimum Gasteiger partial charge on any atom is -0.321 e. The topological polar surface area (TPSA) is 83.1 Å². The molecule has 10 heteroatoms. The maximum absolute atomic E-state index is 13.7. The average Bonchev–Trinajstić information content (AvgIpc) is 3.17. The third-order valence-electron chi connectivity index (χ3n) is 4.36. The van der Waals surface area contributed by atoms with E-state index >= 15 is 0 Å². The first-order chi connectivity index (χ1) is 14.7. The molecule has 0 fully saturated rings. The highest BCUT2D eigenvalue weighted by Gasteiger charge is 2.35. The number of anilines is 1. The summed E-state index contributed by atoms with van der Waals surface area (Å²) in [6.45, 7) is 0. The summed E-state index contributed by atoms with van der Waals surface area (Å²) in [5.41, 5.74) is -0.177. The van der Waals surface area contributed by atoms with E-state index in [9.17, 15) is 18.0 Å². The summed E-state index contributed by atoms with van der Waals surface area (Å²) in [7, 11) is 0. The van der Waals surface area contributed by atoms with Crippen LogP contribution in [0.4, 0.5) is 18.9 Å². The quantitative estimate of drug-likeness (QED) is 0.474. The molecule has 6 nitrogen and oxygen atoms in total. The molecule has 1 amide bonds. The van der Waals surface area contributed by atoms with Crippen molar-refractivity contribution in [1.29, 1.82) is 5.26 Å². The Balaban J connectivity index is 1.75. The van der Waals surface area contributed by atoms with Gasteiger partial charge in [-0.25, -0.2) is 9.50 Å². The van der Waals surface area contributed by atoms with Gasteiger partial charge in [-0.05, 0) is 42.5 Å². The van der Waals surface area contributed by atoms with Gasteiger partial charge in [0.25, 0.3) is 5.91 Å². The van der Waals surface area contributed by atoms with Crippen molar-refractivity contribution in [1.82, 2.24) is 14.6 Å². The lowest BCUT2D eigenvalue weighted by Gasteiger charge is -2.11. The molecule has 0 saturated heterocycles. The van der Waals surface area contributed by atoms with Gasteiger partial charge in [0.1, 0.15) is 0 Å². The van der Waals surface area contributed by atoms with Gasteiger partial charge in [-0.15, -0.1) is 0 Å². The fourth-order valence-corrected chi connectivity index (χ4v) is 3.01. The Morgan fingerprint density at radius 3 is 2.35 bits per heavy atom. The third-order valence-corrected chi connectivity index (χ3v) is 4.61. The van der Waals surface area contributed by atoms with Crippen molar-refractivity contribution in [2.24, 2.45) is 0 Å². The van der Waals surface area contributed by atoms with E-state index < -0.39 is 17.8 Å². The Bertz CT molecular complexity index is 1320. The Labute approximate surface area is 178 Å². The highest BCUT2D eigenvalue weighted by molar-refractivity contribution is 6.30. The Hall–Kier alpha value is -3.90. The minimum absolute atomic E-state index is 0.0652. The molecule has 0 saturated carbocycles. The molecule has 1 N–H and O–H groups in total. The second-order valence-corrected chi connectivity index (χ2v) is 6.91. The molecule has 2 aromatic heterocycles. The molecule has 0 aliphatic rings. The van der Waals surface area contributed by atoms with Crippen molar-refractivity contribution in [2.75, 3.05) is 5.32 Å². The van der Waals surface area contributed by atoms with Gasteiger partial charge in [0, 0.05) is 22.3 Å². The summed E-state index contributed by atoms with van der Waals surface area (Å²) in [4.78, 5) is 16.7. The van der Waals surface area contributed by atoms with Gasteiger partial charge in [-0.2, -0.15) is 23.5 Å². The van der Waals surface area contributed by atoms with E-state index in [4.69, 9.17) is 16.9 Å². The van der Waals surface area contributed by atoms with Crippen LogP contribution < -0.4 is 5.32 Å². The number of carbonyl (C=O) groups is 1. The van der Waals surface area contributed by atoms with E-state index in [1.54, 1.807) is 24.3 Å². The van der Waals surface area contributed by atoms with E-state index in [-0.39, 0.29) is 17.0 Å². The third kappa shape index (κ3) is 4.20. The van der Waals surface area contributed by atoms with Crippen molar-refractivity contribution in [2.45, 2.75) is 6.18 Å². The monoisotopic (exact) mass is 441 g/mol. The molecular weight excluding hydrogens is 431 g/mol. The molecule has 2 aromatic carbocycles. The first-order valence-electron chi connectivity index (χ1n) is 8.80. The molecule has 154 valence electrons. The summed E-state index contributed by atoms with van der Waals surface area (Å²) in [5, 5.41) is 15.6. The molecular formula is C21H11ClF3N5O. The van der Waals surface area contributed by atoms with E-state index in [0.717, 1.165) is 6.07 Å². The van der Waals surface area contributed by atoms with E-state index in [1.165, 1.54) is 30.3 Å². The van der Waals surface area contributed by atoms with E-state index in [0.29, 0.717) is 26.4 Å². The van der Waals surface area contributed by atoms with Crippen molar-refractivity contribution in [3.8, 4) is 17.3 Å². The predicted molar refractivity (Wildman–Crippen MR) is 108 cm³/mol. The van der Waals surface area contributed by atoms with Gasteiger partial charge in [-0.3, -0.25) is 4.79 Å². The molecule has 0 radical (unpaired) electrons. The lowest BCUT2D eigenvalue weighted by Crippen LogP contribution is -2.15. The molecule has 0 atom stereocenters. The normalized spacial score (nSPS) is 11.3. The number of nitrogens with one attached hydrogen (secondary N) is 1. The SMILES string of the molecule is N#Cc1ccc(NC(=O)c2cc3nc(-c4ccc(Cl)cc4)cc(C(F)(F)F)n3n2)cc1. The van der Waals surface area contributed by atoms with Gasteiger partial charge in [0.05, 0.1) is 17.3 Å². The molecule has 2 heterocycles. The predicted octanol–water partition coefficient (Wildman–Crippen LogP) is 5.19. The zero-order valence-electron chi connectivity index (χ0n) is 15.5. The molecule has 0 unspecified atom stereocenters. The van der Waals surface area contributed by atoms with Crippen molar-refractivity contribution >= 4 is 28.8 Å². The summed E-state index contributed by atoms with van der Waals surface area (Å²) >= 11 is 5.84. The Morgan fingerprint density at radius 1 is 1.06 bits per heavy atom. The van der Waals surface area contributed by atoms with Crippen LogP contribution in [0.15, 0.2) is 60.7 Å². The first-order valence-corrected chi connectivity index (χ1v) is 9.18.